The Kier molecular flexibility index (Phi) is 13.4. The minimum absolute atomic E-state index is 0.269. The lowest BCUT2D eigenvalue weighted by atomic mass is 10.4. The quantitative estimate of drug-likeness (QED) is 0.0585. The molecule has 2 atom stereocenters. The summed E-state index contributed by atoms with van der Waals surface area (Å²) in [7, 11) is -9.45. The van der Waals surface area contributed by atoms with Crippen molar-refractivity contribution in [3.63, 3.8) is 0 Å². The van der Waals surface area contributed by atoms with E-state index in [4.69, 9.17) is 20.3 Å². The van der Waals surface area contributed by atoms with Crippen LogP contribution < -0.4 is 5.73 Å². The molecule has 2 unspecified atom stereocenters. The van der Waals surface area contributed by atoms with Crippen LogP contribution in [0.3, 0.4) is 0 Å². The van der Waals surface area contributed by atoms with Crippen LogP contribution in [0, 0.1) is 0 Å². The smallest absolute Gasteiger partial charge is 0.364 e. The molecule has 0 spiro atoms. The van der Waals surface area contributed by atoms with Crippen LogP contribution in [0.5, 0.6) is 0 Å². The number of hydrogen-bond acceptors (Lipinski definition) is 12. The predicted octanol–water partition coefficient (Wildman–Crippen LogP) is -0.583. The van der Waals surface area contributed by atoms with E-state index in [-0.39, 0.29) is 6.73 Å². The van der Waals surface area contributed by atoms with Crippen LogP contribution in [-0.2, 0) is 52.3 Å². The summed E-state index contributed by atoms with van der Waals surface area (Å²) < 4.78 is 40.4. The van der Waals surface area contributed by atoms with Gasteiger partial charge < -0.3 is 30.0 Å². The molecule has 0 saturated carbocycles. The Hall–Kier alpha value is -0.480. The van der Waals surface area contributed by atoms with Gasteiger partial charge in [-0.3, -0.25) is 13.6 Å². The number of rotatable bonds is 17. The number of hydrogen-bond donors (Lipinski definition) is 4. The van der Waals surface area contributed by atoms with Crippen molar-refractivity contribution in [2.75, 3.05) is 33.2 Å². The van der Waals surface area contributed by atoms with Gasteiger partial charge >= 0.3 is 15.6 Å². The largest absolute Gasteiger partial charge is 0.472 e. The van der Waals surface area contributed by atoms with Crippen LogP contribution >= 0.6 is 15.6 Å². The average molecular weight is 415 g/mol. The normalized spacial score (nSPS) is 15.5. The molecule has 0 aromatic rings. The fourth-order valence-electron chi connectivity index (χ4n) is 1.00. The summed E-state index contributed by atoms with van der Waals surface area (Å²) >= 11 is 0. The van der Waals surface area contributed by atoms with Crippen molar-refractivity contribution in [2.45, 2.75) is 6.10 Å². The first-order valence-electron chi connectivity index (χ1n) is 6.23. The van der Waals surface area contributed by atoms with Crippen LogP contribution in [0.25, 0.3) is 0 Å². The SMILES string of the molecule is C=COOOOOCCOP(=O)(O)OC(COCN)COP(=O)(O)O. The summed E-state index contributed by atoms with van der Waals surface area (Å²) in [6, 6.07) is 0. The fourth-order valence-corrected chi connectivity index (χ4v) is 2.23. The van der Waals surface area contributed by atoms with E-state index in [1.807, 2.05) is 0 Å². The summed E-state index contributed by atoms with van der Waals surface area (Å²) in [6.07, 6.45) is -0.468. The highest BCUT2D eigenvalue weighted by atomic mass is 31.2. The monoisotopic (exact) mass is 415 g/mol. The summed E-state index contributed by atoms with van der Waals surface area (Å²) in [5.41, 5.74) is 5.08. The molecule has 0 saturated heterocycles. The molecule has 0 aromatic carbocycles. The van der Waals surface area contributed by atoms with Crippen LogP contribution in [0.1, 0.15) is 0 Å². The third-order valence-electron chi connectivity index (χ3n) is 1.76. The Labute approximate surface area is 141 Å². The van der Waals surface area contributed by atoms with E-state index in [1.165, 1.54) is 0 Å². The van der Waals surface area contributed by atoms with E-state index in [0.717, 1.165) is 6.26 Å². The lowest BCUT2D eigenvalue weighted by molar-refractivity contribution is -0.700. The Bertz CT molecular complexity index is 443. The van der Waals surface area contributed by atoms with Gasteiger partial charge in [-0.15, -0.1) is 0 Å². The number of phosphoric acid groups is 2. The lowest BCUT2D eigenvalue weighted by Gasteiger charge is -2.20. The van der Waals surface area contributed by atoms with Gasteiger partial charge in [-0.2, -0.15) is 0 Å². The molecule has 17 heteroatoms. The molecule has 0 rings (SSSR count). The van der Waals surface area contributed by atoms with Crippen molar-refractivity contribution in [1.82, 2.24) is 0 Å². The van der Waals surface area contributed by atoms with Crippen LogP contribution in [-0.4, -0.2) is 53.9 Å². The fraction of sp³-hybridized carbons (Fsp3) is 0.750. The second kappa shape index (κ2) is 13.7. The van der Waals surface area contributed by atoms with Gasteiger partial charge in [0.05, 0.1) is 26.6 Å². The Morgan fingerprint density at radius 3 is 2.36 bits per heavy atom. The highest BCUT2D eigenvalue weighted by molar-refractivity contribution is 7.47. The number of phosphoric ester groups is 2. The van der Waals surface area contributed by atoms with Crippen LogP contribution in [0.2, 0.25) is 0 Å². The molecule has 0 aliphatic rings. The number of nitrogens with two attached hydrogens (primary N) is 1. The van der Waals surface area contributed by atoms with E-state index in [0.29, 0.717) is 0 Å². The highest BCUT2D eigenvalue weighted by Crippen LogP contribution is 2.45. The second-order valence-electron chi connectivity index (χ2n) is 3.64. The topological polar surface area (TPSA) is 204 Å². The molecule has 5 N–H and O–H groups in total. The van der Waals surface area contributed by atoms with Gasteiger partial charge in [-0.1, -0.05) is 6.58 Å². The van der Waals surface area contributed by atoms with Crippen molar-refractivity contribution in [1.29, 1.82) is 0 Å². The maximum absolute atomic E-state index is 11.7. The van der Waals surface area contributed by atoms with Crippen molar-refractivity contribution in [3.8, 4) is 0 Å². The molecule has 0 heterocycles. The van der Waals surface area contributed by atoms with Gasteiger partial charge in [-0.25, -0.2) is 14.0 Å². The average Bonchev–Trinajstić information content (AvgIpc) is 2.51. The molecule has 0 aromatic heterocycles. The number of ether oxygens (including phenoxy) is 1. The van der Waals surface area contributed by atoms with Gasteiger partial charge in [0.2, 0.25) is 0 Å². The molecule has 0 aliphatic carbocycles. The standard InChI is InChI=1S/C8H19NO14P2/c1-2-16-21-23-22-17-3-4-18-25(13,14)20-8(5-15-7-9)6-19-24(10,11)12/h2,8H,1,3-7,9H2,(H,13,14)(H2,10,11,12). The van der Waals surface area contributed by atoms with Crippen molar-refractivity contribution in [3.05, 3.63) is 12.8 Å². The first-order valence-corrected chi connectivity index (χ1v) is 9.25. The summed E-state index contributed by atoms with van der Waals surface area (Å²) in [4.78, 5) is 35.0. The maximum atomic E-state index is 11.7. The molecule has 0 radical (unpaired) electrons. The maximum Gasteiger partial charge on any atom is 0.472 e. The summed E-state index contributed by atoms with van der Waals surface area (Å²) in [5.74, 6) is 0. The van der Waals surface area contributed by atoms with Crippen molar-refractivity contribution >= 4 is 15.6 Å². The van der Waals surface area contributed by atoms with Gasteiger partial charge in [-0.05, 0) is 5.04 Å². The first kappa shape index (κ1) is 24.5. The Morgan fingerprint density at radius 2 is 1.76 bits per heavy atom. The third kappa shape index (κ3) is 16.7. The molecule has 0 fully saturated rings. The highest BCUT2D eigenvalue weighted by Gasteiger charge is 2.29. The van der Waals surface area contributed by atoms with E-state index >= 15 is 0 Å². The molecule has 0 aliphatic heterocycles. The zero-order valence-electron chi connectivity index (χ0n) is 12.7. The molecule has 15 nitrogen and oxygen atoms in total. The van der Waals surface area contributed by atoms with Gasteiger partial charge in [0, 0.05) is 10.1 Å². The minimum Gasteiger partial charge on any atom is -0.364 e. The third-order valence-corrected chi connectivity index (χ3v) is 3.32. The predicted molar refractivity (Wildman–Crippen MR) is 74.1 cm³/mol. The van der Waals surface area contributed by atoms with E-state index in [1.54, 1.807) is 0 Å². The summed E-state index contributed by atoms with van der Waals surface area (Å²) in [5, 5.41) is 11.6. The van der Waals surface area contributed by atoms with E-state index < -0.39 is 48.2 Å². The Balaban J connectivity index is 4.12. The first-order chi connectivity index (χ1) is 11.7. The van der Waals surface area contributed by atoms with E-state index in [9.17, 15) is 14.0 Å². The molecule has 150 valence electrons. The van der Waals surface area contributed by atoms with Crippen molar-refractivity contribution in [2.24, 2.45) is 5.73 Å². The van der Waals surface area contributed by atoms with Crippen molar-refractivity contribution < 1.29 is 67.0 Å². The van der Waals surface area contributed by atoms with Gasteiger partial charge in [0.15, 0.2) is 0 Å². The van der Waals surface area contributed by atoms with E-state index in [2.05, 4.69) is 45.0 Å². The summed E-state index contributed by atoms with van der Waals surface area (Å²) in [6.45, 7) is 0.811. The molecule has 25 heavy (non-hydrogen) atoms. The molecule has 0 amide bonds. The second-order valence-corrected chi connectivity index (χ2v) is 6.29. The molecular formula is C8H19NO14P2. The van der Waals surface area contributed by atoms with Crippen LogP contribution in [0.4, 0.5) is 0 Å². The van der Waals surface area contributed by atoms with Gasteiger partial charge in [0.25, 0.3) is 0 Å². The molecule has 0 bridgehead atoms. The van der Waals surface area contributed by atoms with Gasteiger partial charge in [0.1, 0.15) is 19.0 Å². The molecular weight excluding hydrogens is 396 g/mol. The Morgan fingerprint density at radius 1 is 1.04 bits per heavy atom. The van der Waals surface area contributed by atoms with Crippen LogP contribution in [0.15, 0.2) is 12.8 Å². The zero-order chi connectivity index (χ0) is 19.2. The zero-order valence-corrected chi connectivity index (χ0v) is 14.5. The lowest BCUT2D eigenvalue weighted by Crippen LogP contribution is -2.26. The minimum atomic E-state index is -4.82.